The minimum absolute atomic E-state index is 0.0181. The van der Waals surface area contributed by atoms with Gasteiger partial charge in [0.25, 0.3) is 10.0 Å². The van der Waals surface area contributed by atoms with Crippen molar-refractivity contribution in [2.45, 2.75) is 21.9 Å². The molecule has 1 aromatic heterocycles. The van der Waals surface area contributed by atoms with Crippen molar-refractivity contribution >= 4 is 39.4 Å². The van der Waals surface area contributed by atoms with Crippen LogP contribution in [0.3, 0.4) is 0 Å². The van der Waals surface area contributed by atoms with Gasteiger partial charge in [-0.1, -0.05) is 41.4 Å². The van der Waals surface area contributed by atoms with E-state index in [1.165, 1.54) is 19.2 Å². The number of esters is 1. The fraction of sp³-hybridized carbons (Fsp3) is 0.118. The molecule has 7 nitrogen and oxygen atoms in total. The minimum atomic E-state index is -4.02. The first kappa shape index (κ1) is 18.0. The van der Waals surface area contributed by atoms with Crippen molar-refractivity contribution in [2.24, 2.45) is 0 Å². The highest BCUT2D eigenvalue weighted by atomic mass is 35.5. The summed E-state index contributed by atoms with van der Waals surface area (Å²) in [5.41, 5.74) is 1.64. The number of hydrogen-bond acceptors (Lipinski definition) is 7. The predicted octanol–water partition coefficient (Wildman–Crippen LogP) is 3.40. The van der Waals surface area contributed by atoms with E-state index in [0.717, 1.165) is 21.3 Å². The molecular weight excluding hydrogens is 410 g/mol. The topological polar surface area (TPSA) is 91.2 Å². The van der Waals surface area contributed by atoms with Gasteiger partial charge in [0.05, 0.1) is 17.7 Å². The average Bonchev–Trinajstić information content (AvgIpc) is 3.06. The van der Waals surface area contributed by atoms with Crippen LogP contribution in [0.25, 0.3) is 11.4 Å². The van der Waals surface area contributed by atoms with Gasteiger partial charge in [0.15, 0.2) is 5.82 Å². The van der Waals surface area contributed by atoms with Gasteiger partial charge in [-0.25, -0.2) is 13.2 Å². The minimum Gasteiger partial charge on any atom is -0.465 e. The maximum atomic E-state index is 13.3. The van der Waals surface area contributed by atoms with Gasteiger partial charge in [-0.15, -0.1) is 10.2 Å². The van der Waals surface area contributed by atoms with Gasteiger partial charge in [-0.05, 0) is 30.8 Å². The Morgan fingerprint density at radius 2 is 1.89 bits per heavy atom. The van der Waals surface area contributed by atoms with Gasteiger partial charge in [0.2, 0.25) is 5.16 Å². The number of benzene rings is 2. The third-order valence-corrected chi connectivity index (χ3v) is 7.35. The van der Waals surface area contributed by atoms with Crippen LogP contribution in [0, 0.1) is 6.92 Å². The SMILES string of the molecule is COC(=O)c1cc2c(cc1Cl)Sc1nnc(-c3ccc(C)cc3)n1S2(=O)=O. The van der Waals surface area contributed by atoms with E-state index >= 15 is 0 Å². The summed E-state index contributed by atoms with van der Waals surface area (Å²) in [7, 11) is -2.82. The molecule has 27 heavy (non-hydrogen) atoms. The van der Waals surface area contributed by atoms with E-state index in [1.807, 2.05) is 19.1 Å². The average molecular weight is 422 g/mol. The third kappa shape index (κ3) is 2.82. The van der Waals surface area contributed by atoms with E-state index in [4.69, 9.17) is 11.6 Å². The summed E-state index contributed by atoms with van der Waals surface area (Å²) >= 11 is 7.24. The van der Waals surface area contributed by atoms with E-state index < -0.39 is 16.0 Å². The Labute approximate surface area is 164 Å². The molecule has 1 aliphatic rings. The number of hydrogen-bond donors (Lipinski definition) is 0. The van der Waals surface area contributed by atoms with Crippen molar-refractivity contribution in [1.29, 1.82) is 0 Å². The summed E-state index contributed by atoms with van der Waals surface area (Å²) in [4.78, 5) is 12.2. The van der Waals surface area contributed by atoms with Crippen LogP contribution in [0.4, 0.5) is 0 Å². The Balaban J connectivity index is 1.93. The molecule has 138 valence electrons. The number of aryl methyl sites for hydroxylation is 1. The highest BCUT2D eigenvalue weighted by Gasteiger charge is 2.35. The summed E-state index contributed by atoms with van der Waals surface area (Å²) < 4.78 is 32.3. The molecule has 0 unspecified atom stereocenters. The van der Waals surface area contributed by atoms with Crippen LogP contribution >= 0.6 is 23.4 Å². The molecule has 0 fully saturated rings. The maximum Gasteiger partial charge on any atom is 0.339 e. The van der Waals surface area contributed by atoms with Gasteiger partial charge in [0.1, 0.15) is 4.90 Å². The zero-order chi connectivity index (χ0) is 19.3. The largest absolute Gasteiger partial charge is 0.465 e. The number of nitrogens with zero attached hydrogens (tertiary/aromatic N) is 3. The molecule has 0 radical (unpaired) electrons. The molecule has 0 bridgehead atoms. The fourth-order valence-corrected chi connectivity index (χ4v) is 6.02. The molecule has 10 heteroatoms. The second-order valence-electron chi connectivity index (χ2n) is 5.81. The molecular formula is C17H12ClN3O4S2. The molecule has 1 aliphatic heterocycles. The molecule has 0 amide bonds. The van der Waals surface area contributed by atoms with Gasteiger partial charge in [-0.3, -0.25) is 0 Å². The number of carbonyl (C=O) groups is 1. The van der Waals surface area contributed by atoms with Crippen molar-refractivity contribution < 1.29 is 17.9 Å². The van der Waals surface area contributed by atoms with Gasteiger partial charge in [-0.2, -0.15) is 3.97 Å². The highest BCUT2D eigenvalue weighted by Crippen LogP contribution is 2.43. The van der Waals surface area contributed by atoms with Gasteiger partial charge >= 0.3 is 5.97 Å². The third-order valence-electron chi connectivity index (χ3n) is 4.06. The van der Waals surface area contributed by atoms with Crippen LogP contribution in [0.15, 0.2) is 51.3 Å². The van der Waals surface area contributed by atoms with E-state index in [2.05, 4.69) is 14.9 Å². The molecule has 0 atom stereocenters. The summed E-state index contributed by atoms with van der Waals surface area (Å²) in [5, 5.41) is 8.39. The normalized spacial score (nSPS) is 14.3. The first-order valence-corrected chi connectivity index (χ1v) is 10.3. The second kappa shape index (κ2) is 6.36. The van der Waals surface area contributed by atoms with Crippen molar-refractivity contribution in [3.05, 3.63) is 52.5 Å². The predicted molar refractivity (Wildman–Crippen MR) is 99.7 cm³/mol. The van der Waals surface area contributed by atoms with Crippen LogP contribution in [0.5, 0.6) is 0 Å². The number of halogens is 1. The van der Waals surface area contributed by atoms with E-state index in [-0.39, 0.29) is 26.5 Å². The molecule has 0 N–H and O–H groups in total. The lowest BCUT2D eigenvalue weighted by Gasteiger charge is -2.19. The van der Waals surface area contributed by atoms with Crippen molar-refractivity contribution in [3.8, 4) is 11.4 Å². The Morgan fingerprint density at radius 3 is 2.56 bits per heavy atom. The number of fused-ring (bicyclic) bond motifs is 2. The number of ether oxygens (including phenoxy) is 1. The summed E-state index contributed by atoms with van der Waals surface area (Å²) in [6, 6.07) is 9.95. The van der Waals surface area contributed by atoms with Crippen LogP contribution in [0.2, 0.25) is 5.02 Å². The monoisotopic (exact) mass is 421 g/mol. The maximum absolute atomic E-state index is 13.3. The zero-order valence-corrected chi connectivity index (χ0v) is 16.5. The lowest BCUT2D eigenvalue weighted by Crippen LogP contribution is -2.20. The standard InChI is InChI=1S/C17H12ClN3O4S2/c1-9-3-5-10(6-4-9)15-19-20-17-21(15)27(23,24)14-7-11(16(22)25-2)12(18)8-13(14)26-17/h3-8H,1-2H3. The fourth-order valence-electron chi connectivity index (χ4n) is 2.70. The van der Waals surface area contributed by atoms with Crippen molar-refractivity contribution in [2.75, 3.05) is 7.11 Å². The first-order valence-electron chi connectivity index (χ1n) is 7.70. The number of aromatic nitrogens is 3. The number of rotatable bonds is 2. The molecule has 4 rings (SSSR count). The zero-order valence-electron chi connectivity index (χ0n) is 14.1. The van der Waals surface area contributed by atoms with Crippen LogP contribution < -0.4 is 0 Å². The molecule has 0 aliphatic carbocycles. The second-order valence-corrected chi connectivity index (χ2v) is 8.99. The van der Waals surface area contributed by atoms with Crippen LogP contribution in [0.1, 0.15) is 15.9 Å². The van der Waals surface area contributed by atoms with Crippen molar-refractivity contribution in [1.82, 2.24) is 14.2 Å². The smallest absolute Gasteiger partial charge is 0.339 e. The highest BCUT2D eigenvalue weighted by molar-refractivity contribution is 8.01. The van der Waals surface area contributed by atoms with E-state index in [1.54, 1.807) is 12.1 Å². The molecule has 2 heterocycles. The molecule has 0 spiro atoms. The van der Waals surface area contributed by atoms with Crippen molar-refractivity contribution in [3.63, 3.8) is 0 Å². The number of methoxy groups -OCH3 is 1. The first-order chi connectivity index (χ1) is 12.8. The quantitative estimate of drug-likeness (QED) is 0.458. The van der Waals surface area contributed by atoms with Crippen LogP contribution in [-0.4, -0.2) is 35.7 Å². The van der Waals surface area contributed by atoms with E-state index in [9.17, 15) is 13.2 Å². The lowest BCUT2D eigenvalue weighted by atomic mass is 10.1. The van der Waals surface area contributed by atoms with Gasteiger partial charge in [0, 0.05) is 10.5 Å². The number of carbonyl (C=O) groups excluding carboxylic acids is 1. The summed E-state index contributed by atoms with van der Waals surface area (Å²) in [5.74, 6) is -0.506. The molecule has 2 aromatic carbocycles. The molecule has 0 saturated carbocycles. The Morgan fingerprint density at radius 1 is 1.19 bits per heavy atom. The van der Waals surface area contributed by atoms with Crippen LogP contribution in [-0.2, 0) is 14.8 Å². The Kier molecular flexibility index (Phi) is 4.25. The molecule has 3 aromatic rings. The lowest BCUT2D eigenvalue weighted by molar-refractivity contribution is 0.0600. The summed E-state index contributed by atoms with van der Waals surface area (Å²) in [6.07, 6.45) is 0. The van der Waals surface area contributed by atoms with Gasteiger partial charge < -0.3 is 4.74 Å². The molecule has 0 saturated heterocycles. The Hall–Kier alpha value is -2.36. The van der Waals surface area contributed by atoms with E-state index in [0.29, 0.717) is 10.5 Å². The summed E-state index contributed by atoms with van der Waals surface area (Å²) in [6.45, 7) is 1.93. The Bertz CT molecular complexity index is 1190.